The van der Waals surface area contributed by atoms with Gasteiger partial charge in [-0.3, -0.25) is 0 Å². The molecule has 0 saturated heterocycles. The van der Waals surface area contributed by atoms with E-state index in [4.69, 9.17) is 0 Å². The Morgan fingerprint density at radius 2 is 1.64 bits per heavy atom. The number of nitrogens with one attached hydrogen (secondary N) is 1. The molecule has 2 aromatic heterocycles. The average Bonchev–Trinajstić information content (AvgIpc) is 3.08. The summed E-state index contributed by atoms with van der Waals surface area (Å²) in [6.07, 6.45) is -4.75. The van der Waals surface area contributed by atoms with Crippen LogP contribution >= 0.6 is 0 Å². The summed E-state index contributed by atoms with van der Waals surface area (Å²) in [5, 5.41) is 19.8. The minimum atomic E-state index is -4.75. The van der Waals surface area contributed by atoms with Crippen LogP contribution in [-0.2, 0) is 0 Å². The van der Waals surface area contributed by atoms with Crippen molar-refractivity contribution in [3.05, 3.63) is 48.5 Å². The number of anilines is 2. The lowest BCUT2D eigenvalue weighted by Crippen LogP contribution is -2.17. The Labute approximate surface area is 154 Å². The second kappa shape index (κ2) is 6.68. The first-order valence-electron chi connectivity index (χ1n) is 7.80. The van der Waals surface area contributed by atoms with Crippen LogP contribution in [0.2, 0.25) is 0 Å². The van der Waals surface area contributed by atoms with Crippen LogP contribution in [0, 0.1) is 0 Å². The molecule has 11 heteroatoms. The van der Waals surface area contributed by atoms with Gasteiger partial charge in [0.1, 0.15) is 5.75 Å². The van der Waals surface area contributed by atoms with Crippen LogP contribution in [0.4, 0.5) is 24.7 Å². The van der Waals surface area contributed by atoms with E-state index in [0.717, 1.165) is 0 Å². The van der Waals surface area contributed by atoms with Gasteiger partial charge in [-0.2, -0.15) is 9.97 Å². The molecule has 2 aromatic carbocycles. The standard InChI is InChI=1S/C17H10F3N5O3/c18-17(19,20)27-12-3-1-2-10(8-12)9-4-6-11(7-5-9)21-15-16(26)23-14-13(22-15)24-28-25-14/h1-8H,(H,21,22,24)(H,23,25,26). The van der Waals surface area contributed by atoms with E-state index in [0.29, 0.717) is 16.8 Å². The fourth-order valence-corrected chi connectivity index (χ4v) is 2.47. The summed E-state index contributed by atoms with van der Waals surface area (Å²) in [5.74, 6) is -0.636. The second-order valence-corrected chi connectivity index (χ2v) is 5.59. The molecule has 0 radical (unpaired) electrons. The molecule has 0 amide bonds. The Bertz CT molecular complexity index is 1130. The highest BCUT2D eigenvalue weighted by Gasteiger charge is 2.31. The number of fused-ring (bicyclic) bond motifs is 1. The SMILES string of the molecule is Oc1nc2nonc2nc1Nc1ccc(-c2cccc(OC(F)(F)F)c2)cc1. The first-order valence-corrected chi connectivity index (χ1v) is 7.80. The van der Waals surface area contributed by atoms with Crippen LogP contribution in [0.25, 0.3) is 22.4 Å². The lowest BCUT2D eigenvalue weighted by Gasteiger charge is -2.11. The number of halogens is 3. The summed E-state index contributed by atoms with van der Waals surface area (Å²) >= 11 is 0. The minimum Gasteiger partial charge on any atom is -0.491 e. The largest absolute Gasteiger partial charge is 0.573 e. The molecule has 2 N–H and O–H groups in total. The van der Waals surface area contributed by atoms with Crippen molar-refractivity contribution < 1.29 is 27.6 Å². The fourth-order valence-electron chi connectivity index (χ4n) is 2.47. The summed E-state index contributed by atoms with van der Waals surface area (Å²) in [5.41, 5.74) is 1.97. The highest BCUT2D eigenvalue weighted by Crippen LogP contribution is 2.30. The van der Waals surface area contributed by atoms with Crippen LogP contribution in [0.5, 0.6) is 11.6 Å². The third-order valence-electron chi connectivity index (χ3n) is 3.64. The van der Waals surface area contributed by atoms with E-state index < -0.39 is 6.36 Å². The highest BCUT2D eigenvalue weighted by atomic mass is 19.4. The van der Waals surface area contributed by atoms with Gasteiger partial charge in [0.15, 0.2) is 5.82 Å². The number of ether oxygens (including phenoxy) is 1. The molecule has 0 aliphatic carbocycles. The Morgan fingerprint density at radius 3 is 2.36 bits per heavy atom. The van der Waals surface area contributed by atoms with Crippen molar-refractivity contribution in [1.82, 2.24) is 20.3 Å². The molecule has 0 spiro atoms. The lowest BCUT2D eigenvalue weighted by atomic mass is 10.1. The van der Waals surface area contributed by atoms with Crippen LogP contribution in [-0.4, -0.2) is 31.8 Å². The number of aromatic hydroxyl groups is 1. The van der Waals surface area contributed by atoms with Crippen LogP contribution in [0.1, 0.15) is 0 Å². The summed E-state index contributed by atoms with van der Waals surface area (Å²) < 4.78 is 45.5. The molecule has 0 fully saturated rings. The van der Waals surface area contributed by atoms with E-state index in [2.05, 4.69) is 35.0 Å². The van der Waals surface area contributed by atoms with Gasteiger partial charge in [0, 0.05) is 5.69 Å². The third kappa shape index (κ3) is 3.77. The third-order valence-corrected chi connectivity index (χ3v) is 3.64. The van der Waals surface area contributed by atoms with Gasteiger partial charge in [-0.15, -0.1) is 13.2 Å². The number of hydrogen-bond donors (Lipinski definition) is 2. The van der Waals surface area contributed by atoms with Crippen molar-refractivity contribution in [2.24, 2.45) is 0 Å². The Morgan fingerprint density at radius 1 is 0.929 bits per heavy atom. The topological polar surface area (TPSA) is 106 Å². The molecule has 0 aliphatic rings. The van der Waals surface area contributed by atoms with Gasteiger partial charge in [-0.1, -0.05) is 24.3 Å². The van der Waals surface area contributed by atoms with Crippen molar-refractivity contribution in [3.63, 3.8) is 0 Å². The van der Waals surface area contributed by atoms with E-state index in [1.165, 1.54) is 18.2 Å². The molecular weight excluding hydrogens is 379 g/mol. The normalized spacial score (nSPS) is 11.5. The first kappa shape index (κ1) is 17.5. The molecule has 0 unspecified atom stereocenters. The van der Waals surface area contributed by atoms with E-state index in [1.54, 1.807) is 30.3 Å². The van der Waals surface area contributed by atoms with Crippen LogP contribution < -0.4 is 10.1 Å². The van der Waals surface area contributed by atoms with Gasteiger partial charge < -0.3 is 15.2 Å². The van der Waals surface area contributed by atoms with E-state index >= 15 is 0 Å². The molecule has 142 valence electrons. The monoisotopic (exact) mass is 389 g/mol. The molecular formula is C17H10F3N5O3. The number of rotatable bonds is 4. The van der Waals surface area contributed by atoms with Gasteiger partial charge >= 0.3 is 6.36 Å². The van der Waals surface area contributed by atoms with Gasteiger partial charge in [-0.05, 0) is 45.7 Å². The zero-order chi connectivity index (χ0) is 19.7. The second-order valence-electron chi connectivity index (χ2n) is 5.59. The molecule has 8 nitrogen and oxygen atoms in total. The van der Waals surface area contributed by atoms with Crippen LogP contribution in [0.15, 0.2) is 53.2 Å². The quantitative estimate of drug-likeness (QED) is 0.539. The van der Waals surface area contributed by atoms with Crippen molar-refractivity contribution >= 4 is 22.8 Å². The first-order chi connectivity index (χ1) is 13.4. The zero-order valence-electron chi connectivity index (χ0n) is 13.8. The van der Waals surface area contributed by atoms with Crippen molar-refractivity contribution in [3.8, 4) is 22.8 Å². The molecule has 0 bridgehead atoms. The van der Waals surface area contributed by atoms with Crippen molar-refractivity contribution in [2.75, 3.05) is 5.32 Å². The van der Waals surface area contributed by atoms with Gasteiger partial charge in [-0.25, -0.2) is 4.63 Å². The van der Waals surface area contributed by atoms with Crippen molar-refractivity contribution in [1.29, 1.82) is 0 Å². The lowest BCUT2D eigenvalue weighted by molar-refractivity contribution is -0.274. The average molecular weight is 389 g/mol. The van der Waals surface area contributed by atoms with Gasteiger partial charge in [0.25, 0.3) is 5.88 Å². The minimum absolute atomic E-state index is 0.0523. The molecule has 0 saturated carbocycles. The summed E-state index contributed by atoms with van der Waals surface area (Å²) in [7, 11) is 0. The number of alkyl halides is 3. The number of aromatic nitrogens is 4. The maximum absolute atomic E-state index is 12.4. The molecule has 0 aliphatic heterocycles. The molecule has 4 aromatic rings. The maximum Gasteiger partial charge on any atom is 0.573 e. The zero-order valence-corrected chi connectivity index (χ0v) is 13.8. The Hall–Kier alpha value is -3.89. The fraction of sp³-hybridized carbons (Fsp3) is 0.0588. The van der Waals surface area contributed by atoms with E-state index in [9.17, 15) is 18.3 Å². The molecule has 0 atom stereocenters. The Kier molecular flexibility index (Phi) is 4.18. The van der Waals surface area contributed by atoms with Gasteiger partial charge in [0.2, 0.25) is 11.3 Å². The summed E-state index contributed by atoms with van der Waals surface area (Å²) in [6.45, 7) is 0. The Balaban J connectivity index is 1.55. The predicted octanol–water partition coefficient (Wildman–Crippen LogP) is 4.03. The van der Waals surface area contributed by atoms with E-state index in [1.807, 2.05) is 0 Å². The number of nitrogens with zero attached hydrogens (tertiary/aromatic N) is 4. The molecule has 2 heterocycles. The predicted molar refractivity (Wildman–Crippen MR) is 90.9 cm³/mol. The van der Waals surface area contributed by atoms with Crippen molar-refractivity contribution in [2.45, 2.75) is 6.36 Å². The highest BCUT2D eigenvalue weighted by molar-refractivity contribution is 5.72. The molecule has 4 rings (SSSR count). The van der Waals surface area contributed by atoms with Gasteiger partial charge in [0.05, 0.1) is 0 Å². The number of benzene rings is 2. The summed E-state index contributed by atoms with van der Waals surface area (Å²) in [4.78, 5) is 7.84. The molecule has 28 heavy (non-hydrogen) atoms. The smallest absolute Gasteiger partial charge is 0.491 e. The van der Waals surface area contributed by atoms with E-state index in [-0.39, 0.29) is 28.7 Å². The number of hydrogen-bond acceptors (Lipinski definition) is 8. The van der Waals surface area contributed by atoms with Crippen LogP contribution in [0.3, 0.4) is 0 Å². The summed E-state index contributed by atoms with van der Waals surface area (Å²) in [6, 6.07) is 12.4. The maximum atomic E-state index is 12.4.